The lowest BCUT2D eigenvalue weighted by molar-refractivity contribution is -0.139. The standard InChI is InChI=1S/C27H38N4O4/c1-4-31-22(18-29-13-8-14-30(16-15-29)25(32)20-10-7-11-20)23(26(33)35-5-2)24(28-27(31)34)21-12-6-9-19(3)17-21/h6,9,12,17,20,24H,4-5,7-8,10-11,13-16,18H2,1-3H3,(H,28,34). The Labute approximate surface area is 208 Å². The predicted molar refractivity (Wildman–Crippen MR) is 133 cm³/mol. The van der Waals surface area contributed by atoms with Crippen LogP contribution in [0.1, 0.15) is 56.7 Å². The van der Waals surface area contributed by atoms with Crippen LogP contribution in [0.4, 0.5) is 4.79 Å². The second-order valence-corrected chi connectivity index (χ2v) is 9.70. The Balaban J connectivity index is 1.63. The number of carbonyl (C=O) groups is 3. The zero-order chi connectivity index (χ0) is 24.9. The van der Waals surface area contributed by atoms with E-state index in [1.54, 1.807) is 11.8 Å². The summed E-state index contributed by atoms with van der Waals surface area (Å²) in [6.07, 6.45) is 4.05. The van der Waals surface area contributed by atoms with Gasteiger partial charge in [0.05, 0.1) is 18.2 Å². The number of ether oxygens (including phenoxy) is 1. The third-order valence-electron chi connectivity index (χ3n) is 7.35. The number of carbonyl (C=O) groups excluding carboxylic acids is 3. The fourth-order valence-corrected chi connectivity index (χ4v) is 5.23. The molecule has 0 aromatic heterocycles. The monoisotopic (exact) mass is 482 g/mol. The highest BCUT2D eigenvalue weighted by atomic mass is 16.5. The van der Waals surface area contributed by atoms with Crippen LogP contribution in [-0.4, -0.2) is 78.5 Å². The van der Waals surface area contributed by atoms with Gasteiger partial charge in [0.1, 0.15) is 0 Å². The van der Waals surface area contributed by atoms with Crippen LogP contribution in [0.2, 0.25) is 0 Å². The topological polar surface area (TPSA) is 82.2 Å². The highest BCUT2D eigenvalue weighted by Crippen LogP contribution is 2.33. The van der Waals surface area contributed by atoms with Crippen LogP contribution in [0.5, 0.6) is 0 Å². The minimum atomic E-state index is -0.567. The van der Waals surface area contributed by atoms with E-state index in [9.17, 15) is 14.4 Å². The van der Waals surface area contributed by atoms with Crippen molar-refractivity contribution in [3.8, 4) is 0 Å². The maximum absolute atomic E-state index is 13.3. The number of esters is 1. The summed E-state index contributed by atoms with van der Waals surface area (Å²) in [7, 11) is 0. The van der Waals surface area contributed by atoms with E-state index in [-0.39, 0.29) is 24.5 Å². The maximum atomic E-state index is 13.3. The van der Waals surface area contributed by atoms with E-state index < -0.39 is 12.0 Å². The SMILES string of the molecule is CCOC(=O)C1=C(CN2CCCN(C(=O)C3CCC3)CC2)N(CC)C(=O)NC1c1cccc(C)c1. The first kappa shape index (κ1) is 25.2. The summed E-state index contributed by atoms with van der Waals surface area (Å²) in [5.74, 6) is 0.0905. The Bertz CT molecular complexity index is 987. The zero-order valence-corrected chi connectivity index (χ0v) is 21.2. The van der Waals surface area contributed by atoms with Crippen LogP contribution in [0.25, 0.3) is 0 Å². The molecule has 1 N–H and O–H groups in total. The van der Waals surface area contributed by atoms with E-state index >= 15 is 0 Å². The number of hydrogen-bond donors (Lipinski definition) is 1. The van der Waals surface area contributed by atoms with E-state index in [1.807, 2.05) is 43.0 Å². The number of hydrogen-bond acceptors (Lipinski definition) is 5. The van der Waals surface area contributed by atoms with Gasteiger partial charge in [0.25, 0.3) is 0 Å². The number of likely N-dealkylation sites (N-methyl/N-ethyl adjacent to an activating group) is 1. The highest BCUT2D eigenvalue weighted by Gasteiger charge is 2.38. The zero-order valence-electron chi connectivity index (χ0n) is 21.2. The Morgan fingerprint density at radius 1 is 1.09 bits per heavy atom. The average Bonchev–Trinajstić information content (AvgIpc) is 3.03. The van der Waals surface area contributed by atoms with Crippen molar-refractivity contribution in [1.29, 1.82) is 0 Å². The highest BCUT2D eigenvalue weighted by molar-refractivity contribution is 5.95. The van der Waals surface area contributed by atoms with Crippen LogP contribution in [0, 0.1) is 12.8 Å². The summed E-state index contributed by atoms with van der Waals surface area (Å²) in [6.45, 7) is 9.84. The molecule has 1 saturated heterocycles. The van der Waals surface area contributed by atoms with E-state index in [1.165, 1.54) is 0 Å². The molecule has 1 aromatic rings. The van der Waals surface area contributed by atoms with Crippen molar-refractivity contribution in [3.05, 3.63) is 46.7 Å². The number of rotatable bonds is 7. The van der Waals surface area contributed by atoms with Crippen molar-refractivity contribution in [2.24, 2.45) is 5.92 Å². The van der Waals surface area contributed by atoms with Gasteiger partial charge >= 0.3 is 12.0 Å². The van der Waals surface area contributed by atoms with Gasteiger partial charge in [0.15, 0.2) is 0 Å². The molecular formula is C27H38N4O4. The van der Waals surface area contributed by atoms with Gasteiger partial charge in [-0.1, -0.05) is 36.2 Å². The van der Waals surface area contributed by atoms with Crippen LogP contribution < -0.4 is 5.32 Å². The molecule has 190 valence electrons. The molecule has 1 aliphatic carbocycles. The third-order valence-corrected chi connectivity index (χ3v) is 7.35. The number of benzene rings is 1. The lowest BCUT2D eigenvalue weighted by atomic mass is 9.84. The van der Waals surface area contributed by atoms with Gasteiger partial charge in [-0.2, -0.15) is 0 Å². The molecule has 0 radical (unpaired) electrons. The number of nitrogens with one attached hydrogen (secondary N) is 1. The van der Waals surface area contributed by atoms with Crippen molar-refractivity contribution < 1.29 is 19.1 Å². The number of amides is 3. The molecule has 1 aromatic carbocycles. The van der Waals surface area contributed by atoms with Crippen LogP contribution in [0.3, 0.4) is 0 Å². The van der Waals surface area contributed by atoms with Crippen LogP contribution in [-0.2, 0) is 14.3 Å². The summed E-state index contributed by atoms with van der Waals surface area (Å²) in [6, 6.07) is 7.09. The largest absolute Gasteiger partial charge is 0.463 e. The number of nitrogens with zero attached hydrogens (tertiary/aromatic N) is 3. The van der Waals surface area contributed by atoms with Crippen LogP contribution >= 0.6 is 0 Å². The summed E-state index contributed by atoms with van der Waals surface area (Å²) < 4.78 is 5.48. The van der Waals surface area contributed by atoms with Crippen molar-refractivity contribution in [3.63, 3.8) is 0 Å². The minimum absolute atomic E-state index is 0.201. The van der Waals surface area contributed by atoms with Crippen molar-refractivity contribution >= 4 is 17.9 Å². The molecule has 4 rings (SSSR count). The lowest BCUT2D eigenvalue weighted by Gasteiger charge is -2.38. The predicted octanol–water partition coefficient (Wildman–Crippen LogP) is 3.23. The Morgan fingerprint density at radius 3 is 2.54 bits per heavy atom. The Kier molecular flexibility index (Phi) is 8.11. The second-order valence-electron chi connectivity index (χ2n) is 9.70. The Hall–Kier alpha value is -2.87. The maximum Gasteiger partial charge on any atom is 0.338 e. The molecule has 1 saturated carbocycles. The van der Waals surface area contributed by atoms with E-state index in [0.717, 1.165) is 49.9 Å². The molecule has 1 unspecified atom stereocenters. The van der Waals surface area contributed by atoms with E-state index in [2.05, 4.69) is 10.2 Å². The van der Waals surface area contributed by atoms with Gasteiger partial charge in [-0.3, -0.25) is 14.6 Å². The molecule has 0 spiro atoms. The molecule has 2 fully saturated rings. The molecule has 8 nitrogen and oxygen atoms in total. The normalized spacial score (nSPS) is 21.9. The lowest BCUT2D eigenvalue weighted by Crippen LogP contribution is -2.51. The average molecular weight is 483 g/mol. The van der Waals surface area contributed by atoms with E-state index in [4.69, 9.17) is 4.74 Å². The van der Waals surface area contributed by atoms with Gasteiger partial charge < -0.3 is 15.0 Å². The number of urea groups is 1. The van der Waals surface area contributed by atoms with Gasteiger partial charge in [-0.25, -0.2) is 9.59 Å². The fraction of sp³-hybridized carbons (Fsp3) is 0.593. The molecule has 2 aliphatic heterocycles. The van der Waals surface area contributed by atoms with Crippen molar-refractivity contribution in [2.75, 3.05) is 45.9 Å². The van der Waals surface area contributed by atoms with E-state index in [0.29, 0.717) is 37.4 Å². The van der Waals surface area contributed by atoms with Gasteiger partial charge in [0.2, 0.25) is 5.91 Å². The molecule has 1 atom stereocenters. The molecule has 35 heavy (non-hydrogen) atoms. The molecular weight excluding hydrogens is 444 g/mol. The molecule has 3 amide bonds. The second kappa shape index (κ2) is 11.2. The van der Waals surface area contributed by atoms with Gasteiger partial charge in [0, 0.05) is 50.9 Å². The summed E-state index contributed by atoms with van der Waals surface area (Å²) >= 11 is 0. The quantitative estimate of drug-likeness (QED) is 0.604. The number of aryl methyl sites for hydroxylation is 1. The fourth-order valence-electron chi connectivity index (χ4n) is 5.23. The van der Waals surface area contributed by atoms with Gasteiger partial charge in [-0.05, 0) is 45.6 Å². The summed E-state index contributed by atoms with van der Waals surface area (Å²) in [5, 5.41) is 3.03. The van der Waals surface area contributed by atoms with Gasteiger partial charge in [-0.15, -0.1) is 0 Å². The first-order valence-corrected chi connectivity index (χ1v) is 13.0. The first-order valence-electron chi connectivity index (χ1n) is 13.0. The van der Waals surface area contributed by atoms with Crippen molar-refractivity contribution in [1.82, 2.24) is 20.0 Å². The Morgan fingerprint density at radius 2 is 1.89 bits per heavy atom. The molecule has 2 heterocycles. The molecule has 0 bridgehead atoms. The van der Waals surface area contributed by atoms with Crippen molar-refractivity contribution in [2.45, 2.75) is 52.5 Å². The molecule has 8 heteroatoms. The summed E-state index contributed by atoms with van der Waals surface area (Å²) in [4.78, 5) is 45.1. The van der Waals surface area contributed by atoms with Crippen LogP contribution in [0.15, 0.2) is 35.5 Å². The minimum Gasteiger partial charge on any atom is -0.463 e. The summed E-state index contributed by atoms with van der Waals surface area (Å²) in [5.41, 5.74) is 3.11. The molecule has 3 aliphatic rings. The third kappa shape index (κ3) is 5.53. The first-order chi connectivity index (χ1) is 16.9. The smallest absolute Gasteiger partial charge is 0.338 e.